The molecule has 1 unspecified atom stereocenters. The molecular formula is C14H18N4O. The topological polar surface area (TPSA) is 63.0 Å². The molecule has 0 saturated carbocycles. The van der Waals surface area contributed by atoms with Gasteiger partial charge in [-0.3, -0.25) is 0 Å². The zero-order valence-corrected chi connectivity index (χ0v) is 11.0. The van der Waals surface area contributed by atoms with Gasteiger partial charge < -0.3 is 15.0 Å². The Morgan fingerprint density at radius 2 is 2.21 bits per heavy atom. The molecule has 0 saturated heterocycles. The maximum atomic E-state index is 9.74. The Labute approximate surface area is 112 Å². The van der Waals surface area contributed by atoms with Crippen molar-refractivity contribution >= 4 is 0 Å². The fraction of sp³-hybridized carbons (Fsp3) is 0.429. The number of nitrogens with zero attached hydrogens (tertiary/aromatic N) is 3. The molecule has 1 aromatic carbocycles. The normalized spacial score (nSPS) is 15.4. The van der Waals surface area contributed by atoms with Crippen LogP contribution in [0.25, 0.3) is 0 Å². The zero-order valence-electron chi connectivity index (χ0n) is 11.0. The van der Waals surface area contributed by atoms with Crippen molar-refractivity contribution in [2.75, 3.05) is 0 Å². The number of para-hydroxylation sites is 1. The van der Waals surface area contributed by atoms with Crippen molar-refractivity contribution in [3.63, 3.8) is 0 Å². The van der Waals surface area contributed by atoms with Gasteiger partial charge in [0.05, 0.1) is 6.04 Å². The van der Waals surface area contributed by atoms with Gasteiger partial charge in [0.25, 0.3) is 0 Å². The Kier molecular flexibility index (Phi) is 3.21. The lowest BCUT2D eigenvalue weighted by Crippen LogP contribution is -2.21. The number of aromatic hydroxyl groups is 1. The van der Waals surface area contributed by atoms with E-state index in [2.05, 4.69) is 27.0 Å². The molecule has 19 heavy (non-hydrogen) atoms. The maximum Gasteiger partial charge on any atom is 0.149 e. The van der Waals surface area contributed by atoms with Crippen molar-refractivity contribution in [2.24, 2.45) is 0 Å². The van der Waals surface area contributed by atoms with E-state index in [4.69, 9.17) is 0 Å². The summed E-state index contributed by atoms with van der Waals surface area (Å²) < 4.78 is 2.20. The summed E-state index contributed by atoms with van der Waals surface area (Å²) in [6, 6.07) is 7.50. The van der Waals surface area contributed by atoms with Gasteiger partial charge in [0, 0.05) is 25.1 Å². The fourth-order valence-electron chi connectivity index (χ4n) is 2.51. The first-order valence-corrected chi connectivity index (χ1v) is 6.68. The molecule has 0 spiro atoms. The molecule has 3 rings (SSSR count). The van der Waals surface area contributed by atoms with Crippen LogP contribution in [-0.2, 0) is 19.5 Å². The zero-order chi connectivity index (χ0) is 13.2. The monoisotopic (exact) mass is 258 g/mol. The highest BCUT2D eigenvalue weighted by atomic mass is 16.3. The van der Waals surface area contributed by atoms with E-state index >= 15 is 0 Å². The van der Waals surface area contributed by atoms with Crippen LogP contribution in [0.5, 0.6) is 5.75 Å². The molecule has 2 N–H and O–H groups in total. The molecule has 5 heteroatoms. The molecule has 5 nitrogen and oxygen atoms in total. The summed E-state index contributed by atoms with van der Waals surface area (Å²) in [5, 5.41) is 21.6. The molecule has 1 aliphatic heterocycles. The van der Waals surface area contributed by atoms with Crippen LogP contribution in [0.4, 0.5) is 0 Å². The van der Waals surface area contributed by atoms with E-state index in [1.54, 1.807) is 6.07 Å². The standard InChI is InChI=1S/C14H18N4O/c1-10(14-17-16-13-7-4-8-18(13)14)15-9-11-5-2-3-6-12(11)19/h2-3,5-6,10,15,19H,4,7-9H2,1H3. The van der Waals surface area contributed by atoms with Crippen LogP contribution in [0.1, 0.15) is 36.6 Å². The number of phenolic OH excluding ortho intramolecular Hbond substituents is 1. The first-order chi connectivity index (χ1) is 9.25. The van der Waals surface area contributed by atoms with Gasteiger partial charge in [0.1, 0.15) is 17.4 Å². The van der Waals surface area contributed by atoms with Crippen molar-refractivity contribution in [3.05, 3.63) is 41.5 Å². The number of benzene rings is 1. The predicted molar refractivity (Wildman–Crippen MR) is 71.7 cm³/mol. The predicted octanol–water partition coefficient (Wildman–Crippen LogP) is 1.78. The second kappa shape index (κ2) is 5.01. The van der Waals surface area contributed by atoms with E-state index in [1.807, 2.05) is 18.2 Å². The van der Waals surface area contributed by atoms with Gasteiger partial charge in [0.2, 0.25) is 0 Å². The third-order valence-electron chi connectivity index (χ3n) is 3.62. The largest absolute Gasteiger partial charge is 0.508 e. The third kappa shape index (κ3) is 2.33. The lowest BCUT2D eigenvalue weighted by molar-refractivity contribution is 0.456. The van der Waals surface area contributed by atoms with Crippen molar-refractivity contribution in [2.45, 2.75) is 38.9 Å². The second-order valence-electron chi connectivity index (χ2n) is 4.96. The SMILES string of the molecule is CC(NCc1ccccc1O)c1nnc2n1CCC2. The Morgan fingerprint density at radius 1 is 1.37 bits per heavy atom. The molecule has 0 aliphatic carbocycles. The van der Waals surface area contributed by atoms with Crippen LogP contribution in [0.3, 0.4) is 0 Å². The van der Waals surface area contributed by atoms with Gasteiger partial charge in [-0.05, 0) is 19.4 Å². The van der Waals surface area contributed by atoms with Crippen LogP contribution in [0.15, 0.2) is 24.3 Å². The smallest absolute Gasteiger partial charge is 0.149 e. The van der Waals surface area contributed by atoms with Gasteiger partial charge in [0.15, 0.2) is 0 Å². The minimum Gasteiger partial charge on any atom is -0.508 e. The molecular weight excluding hydrogens is 240 g/mol. The van der Waals surface area contributed by atoms with E-state index in [9.17, 15) is 5.11 Å². The molecule has 0 amide bonds. The molecule has 2 aromatic rings. The quantitative estimate of drug-likeness (QED) is 0.877. The highest BCUT2D eigenvalue weighted by molar-refractivity contribution is 5.31. The summed E-state index contributed by atoms with van der Waals surface area (Å²) in [6.45, 7) is 3.71. The molecule has 0 radical (unpaired) electrons. The number of hydrogen-bond acceptors (Lipinski definition) is 4. The minimum atomic E-state index is 0.124. The van der Waals surface area contributed by atoms with E-state index < -0.39 is 0 Å². The average Bonchev–Trinajstić information content (AvgIpc) is 2.99. The molecule has 1 aromatic heterocycles. The number of nitrogens with one attached hydrogen (secondary N) is 1. The Balaban J connectivity index is 1.68. The highest BCUT2D eigenvalue weighted by Crippen LogP contribution is 2.20. The number of fused-ring (bicyclic) bond motifs is 1. The summed E-state index contributed by atoms with van der Waals surface area (Å²) in [4.78, 5) is 0. The van der Waals surface area contributed by atoms with Crippen LogP contribution < -0.4 is 5.32 Å². The molecule has 100 valence electrons. The first kappa shape index (κ1) is 12.2. The van der Waals surface area contributed by atoms with Crippen LogP contribution in [0.2, 0.25) is 0 Å². The van der Waals surface area contributed by atoms with E-state index in [0.29, 0.717) is 12.3 Å². The Bertz CT molecular complexity index is 579. The summed E-state index contributed by atoms with van der Waals surface area (Å²) in [6.07, 6.45) is 2.18. The van der Waals surface area contributed by atoms with Crippen molar-refractivity contribution in [1.29, 1.82) is 0 Å². The molecule has 0 bridgehead atoms. The van der Waals surface area contributed by atoms with Gasteiger partial charge in [-0.25, -0.2) is 0 Å². The number of phenols is 1. The van der Waals surface area contributed by atoms with Gasteiger partial charge in [-0.15, -0.1) is 10.2 Å². The van der Waals surface area contributed by atoms with E-state index in [-0.39, 0.29) is 6.04 Å². The second-order valence-corrected chi connectivity index (χ2v) is 4.96. The summed E-state index contributed by atoms with van der Waals surface area (Å²) in [5.41, 5.74) is 0.899. The number of hydrogen-bond donors (Lipinski definition) is 2. The molecule has 2 heterocycles. The number of rotatable bonds is 4. The summed E-state index contributed by atoms with van der Waals surface area (Å²) >= 11 is 0. The number of aromatic nitrogens is 3. The molecule has 1 aliphatic rings. The van der Waals surface area contributed by atoms with Crippen LogP contribution in [-0.4, -0.2) is 19.9 Å². The maximum absolute atomic E-state index is 9.74. The molecule has 1 atom stereocenters. The van der Waals surface area contributed by atoms with Crippen LogP contribution >= 0.6 is 0 Å². The molecule has 0 fully saturated rings. The Morgan fingerprint density at radius 3 is 3.05 bits per heavy atom. The van der Waals surface area contributed by atoms with Gasteiger partial charge in [-0.2, -0.15) is 0 Å². The van der Waals surface area contributed by atoms with Gasteiger partial charge in [-0.1, -0.05) is 18.2 Å². The van der Waals surface area contributed by atoms with Crippen molar-refractivity contribution in [1.82, 2.24) is 20.1 Å². The first-order valence-electron chi connectivity index (χ1n) is 6.68. The van der Waals surface area contributed by atoms with Crippen molar-refractivity contribution in [3.8, 4) is 5.75 Å². The summed E-state index contributed by atoms with van der Waals surface area (Å²) in [5.74, 6) is 2.41. The lowest BCUT2D eigenvalue weighted by Gasteiger charge is -2.14. The fourth-order valence-corrected chi connectivity index (χ4v) is 2.51. The van der Waals surface area contributed by atoms with Crippen LogP contribution in [0, 0.1) is 0 Å². The summed E-state index contributed by atoms with van der Waals surface area (Å²) in [7, 11) is 0. The minimum absolute atomic E-state index is 0.124. The highest BCUT2D eigenvalue weighted by Gasteiger charge is 2.20. The van der Waals surface area contributed by atoms with E-state index in [1.165, 1.54) is 0 Å². The lowest BCUT2D eigenvalue weighted by atomic mass is 10.2. The third-order valence-corrected chi connectivity index (χ3v) is 3.62. The average molecular weight is 258 g/mol. The van der Waals surface area contributed by atoms with E-state index in [0.717, 1.165) is 36.6 Å². The van der Waals surface area contributed by atoms with Gasteiger partial charge >= 0.3 is 0 Å². The number of aryl methyl sites for hydroxylation is 1. The Hall–Kier alpha value is -1.88. The van der Waals surface area contributed by atoms with Crippen molar-refractivity contribution < 1.29 is 5.11 Å².